The van der Waals surface area contributed by atoms with Crippen LogP contribution in [0.5, 0.6) is 5.75 Å². The Bertz CT molecular complexity index is 1170. The molecule has 0 atom stereocenters. The molecule has 30 heavy (non-hydrogen) atoms. The van der Waals surface area contributed by atoms with Crippen LogP contribution in [0, 0.1) is 0 Å². The maximum atomic E-state index is 12.3. The van der Waals surface area contributed by atoms with Crippen LogP contribution >= 0.6 is 11.8 Å². The summed E-state index contributed by atoms with van der Waals surface area (Å²) in [5.41, 5.74) is 6.90. The number of fused-ring (bicyclic) bond motifs is 1. The van der Waals surface area contributed by atoms with E-state index in [-0.39, 0.29) is 4.91 Å². The Morgan fingerprint density at radius 1 is 1.00 bits per heavy atom. The first-order valence-electron chi connectivity index (χ1n) is 9.24. The van der Waals surface area contributed by atoms with Crippen LogP contribution in [0.15, 0.2) is 71.6 Å². The van der Waals surface area contributed by atoms with E-state index >= 15 is 0 Å². The summed E-state index contributed by atoms with van der Waals surface area (Å²) in [5, 5.41) is 1.85. The number of amides is 3. The minimum Gasteiger partial charge on any atom is -0.489 e. The van der Waals surface area contributed by atoms with E-state index in [1.165, 1.54) is 10.8 Å². The molecule has 0 radical (unpaired) electrons. The molecule has 3 amide bonds. The number of primary amides is 1. The smallest absolute Gasteiger partial charge is 0.294 e. The predicted octanol–water partition coefficient (Wildman–Crippen LogP) is 3.94. The second-order valence-electron chi connectivity index (χ2n) is 6.77. The zero-order valence-corrected chi connectivity index (χ0v) is 16.7. The van der Waals surface area contributed by atoms with Crippen LogP contribution in [0.1, 0.15) is 11.1 Å². The second kappa shape index (κ2) is 8.42. The van der Waals surface area contributed by atoms with Gasteiger partial charge in [-0.2, -0.15) is 0 Å². The zero-order chi connectivity index (χ0) is 21.1. The number of benzene rings is 3. The van der Waals surface area contributed by atoms with Crippen molar-refractivity contribution in [3.63, 3.8) is 0 Å². The minimum absolute atomic E-state index is 0.256. The highest BCUT2D eigenvalue weighted by molar-refractivity contribution is 8.18. The van der Waals surface area contributed by atoms with Gasteiger partial charge in [-0.05, 0) is 57.9 Å². The Balaban J connectivity index is 1.41. The molecule has 4 rings (SSSR count). The second-order valence-corrected chi connectivity index (χ2v) is 7.77. The number of rotatable bonds is 6. The third kappa shape index (κ3) is 4.36. The fourth-order valence-corrected chi connectivity index (χ4v) is 3.94. The summed E-state index contributed by atoms with van der Waals surface area (Å²) in [4.78, 5) is 36.2. The summed E-state index contributed by atoms with van der Waals surface area (Å²) in [6.45, 7) is 0.0275. The molecule has 1 aliphatic heterocycles. The summed E-state index contributed by atoms with van der Waals surface area (Å²) in [5.74, 6) is -0.547. The molecule has 0 aromatic heterocycles. The molecule has 1 aliphatic rings. The highest BCUT2D eigenvalue weighted by atomic mass is 32.2. The summed E-state index contributed by atoms with van der Waals surface area (Å²) in [6, 6.07) is 21.6. The number of ether oxygens (including phenoxy) is 1. The number of carbonyl (C=O) groups is 3. The van der Waals surface area contributed by atoms with E-state index in [1.54, 1.807) is 30.3 Å². The van der Waals surface area contributed by atoms with E-state index in [2.05, 4.69) is 24.3 Å². The topological polar surface area (TPSA) is 89.7 Å². The van der Waals surface area contributed by atoms with Crippen molar-refractivity contribution in [2.45, 2.75) is 6.61 Å². The molecule has 0 bridgehead atoms. The van der Waals surface area contributed by atoms with Gasteiger partial charge in [-0.25, -0.2) is 0 Å². The van der Waals surface area contributed by atoms with Crippen molar-refractivity contribution in [2.75, 3.05) is 6.54 Å². The van der Waals surface area contributed by atoms with Crippen molar-refractivity contribution >= 4 is 45.7 Å². The summed E-state index contributed by atoms with van der Waals surface area (Å²) in [6.07, 6.45) is 1.61. The van der Waals surface area contributed by atoms with Gasteiger partial charge in [-0.3, -0.25) is 19.3 Å². The average Bonchev–Trinajstić information content (AvgIpc) is 3.00. The van der Waals surface area contributed by atoms with Crippen molar-refractivity contribution in [3.8, 4) is 5.75 Å². The maximum absolute atomic E-state index is 12.3. The van der Waals surface area contributed by atoms with Gasteiger partial charge in [0.2, 0.25) is 5.91 Å². The molecule has 3 aromatic rings. The van der Waals surface area contributed by atoms with Gasteiger partial charge in [0.05, 0.1) is 4.91 Å². The SMILES string of the molecule is NC(=O)CN1C(=O)S/C(=C\c2ccc(OCc3ccc4ccccc4c3)cc2)C1=O. The number of carbonyl (C=O) groups excluding carboxylic acids is 3. The van der Waals surface area contributed by atoms with Gasteiger partial charge in [0.1, 0.15) is 18.9 Å². The molecular formula is C23H18N2O4S. The molecule has 6 nitrogen and oxygen atoms in total. The van der Waals surface area contributed by atoms with Crippen LogP contribution in [0.25, 0.3) is 16.8 Å². The third-order valence-electron chi connectivity index (χ3n) is 4.58. The molecule has 0 aliphatic carbocycles. The summed E-state index contributed by atoms with van der Waals surface area (Å²) in [7, 11) is 0. The van der Waals surface area contributed by atoms with E-state index in [9.17, 15) is 14.4 Å². The van der Waals surface area contributed by atoms with Crippen LogP contribution in [-0.4, -0.2) is 28.5 Å². The van der Waals surface area contributed by atoms with Crippen molar-refractivity contribution in [2.24, 2.45) is 5.73 Å². The molecular weight excluding hydrogens is 400 g/mol. The number of imide groups is 1. The number of nitrogens with two attached hydrogens (primary N) is 1. The van der Waals surface area contributed by atoms with Crippen molar-refractivity contribution in [3.05, 3.63) is 82.8 Å². The fourth-order valence-electron chi connectivity index (χ4n) is 3.10. The molecule has 1 fully saturated rings. The zero-order valence-electron chi connectivity index (χ0n) is 15.9. The van der Waals surface area contributed by atoms with Gasteiger partial charge < -0.3 is 10.5 Å². The standard InChI is InChI=1S/C23H18N2O4S/c24-21(26)13-25-22(27)20(30-23(25)28)12-15-6-9-19(10-7-15)29-14-16-5-8-17-3-1-2-4-18(17)11-16/h1-12H,13-14H2,(H2,24,26)/b20-12-. The van der Waals surface area contributed by atoms with Crippen LogP contribution in [0.2, 0.25) is 0 Å². The summed E-state index contributed by atoms with van der Waals surface area (Å²) >= 11 is 0.791. The Kier molecular flexibility index (Phi) is 5.54. The first-order valence-corrected chi connectivity index (χ1v) is 10.1. The molecule has 150 valence electrons. The summed E-state index contributed by atoms with van der Waals surface area (Å²) < 4.78 is 5.86. The van der Waals surface area contributed by atoms with Crippen molar-refractivity contribution < 1.29 is 19.1 Å². The monoisotopic (exact) mass is 418 g/mol. The number of hydrogen-bond acceptors (Lipinski definition) is 5. The largest absolute Gasteiger partial charge is 0.489 e. The predicted molar refractivity (Wildman–Crippen MR) is 117 cm³/mol. The molecule has 0 saturated carbocycles. The maximum Gasteiger partial charge on any atom is 0.294 e. The number of nitrogens with zero attached hydrogens (tertiary/aromatic N) is 1. The van der Waals surface area contributed by atoms with Gasteiger partial charge in [0.25, 0.3) is 11.1 Å². The van der Waals surface area contributed by atoms with Crippen molar-refractivity contribution in [1.29, 1.82) is 0 Å². The fraction of sp³-hybridized carbons (Fsp3) is 0.0870. The molecule has 1 saturated heterocycles. The van der Waals surface area contributed by atoms with Crippen LogP contribution < -0.4 is 10.5 Å². The Morgan fingerprint density at radius 2 is 1.73 bits per heavy atom. The van der Waals surface area contributed by atoms with Gasteiger partial charge in [-0.1, -0.05) is 48.5 Å². The lowest BCUT2D eigenvalue weighted by molar-refractivity contribution is -0.127. The van der Waals surface area contributed by atoms with Crippen molar-refractivity contribution in [1.82, 2.24) is 4.90 Å². The number of thioether (sulfide) groups is 1. The Morgan fingerprint density at radius 3 is 2.47 bits per heavy atom. The van der Waals surface area contributed by atoms with Gasteiger partial charge in [0.15, 0.2) is 0 Å². The van der Waals surface area contributed by atoms with Crippen LogP contribution in [-0.2, 0) is 16.2 Å². The van der Waals surface area contributed by atoms with E-state index in [4.69, 9.17) is 10.5 Å². The van der Waals surface area contributed by atoms with Gasteiger partial charge >= 0.3 is 0 Å². The highest BCUT2D eigenvalue weighted by Crippen LogP contribution is 2.32. The van der Waals surface area contributed by atoms with Gasteiger partial charge in [0, 0.05) is 0 Å². The van der Waals surface area contributed by atoms with E-state index in [1.807, 2.05) is 18.2 Å². The minimum atomic E-state index is -0.730. The van der Waals surface area contributed by atoms with E-state index < -0.39 is 23.6 Å². The Labute approximate surface area is 177 Å². The van der Waals surface area contributed by atoms with Crippen LogP contribution in [0.4, 0.5) is 4.79 Å². The lowest BCUT2D eigenvalue weighted by Gasteiger charge is -2.09. The molecule has 2 N–H and O–H groups in total. The molecule has 0 spiro atoms. The normalized spacial score (nSPS) is 15.2. The lowest BCUT2D eigenvalue weighted by atomic mass is 10.1. The van der Waals surface area contributed by atoms with E-state index in [0.29, 0.717) is 12.4 Å². The third-order valence-corrected chi connectivity index (χ3v) is 5.49. The first-order chi connectivity index (χ1) is 14.5. The Hall–Kier alpha value is -3.58. The first kappa shape index (κ1) is 19.7. The highest BCUT2D eigenvalue weighted by Gasteiger charge is 2.35. The van der Waals surface area contributed by atoms with Crippen LogP contribution in [0.3, 0.4) is 0 Å². The molecule has 3 aromatic carbocycles. The van der Waals surface area contributed by atoms with E-state index in [0.717, 1.165) is 27.8 Å². The number of hydrogen-bond donors (Lipinski definition) is 1. The van der Waals surface area contributed by atoms with Gasteiger partial charge in [-0.15, -0.1) is 0 Å². The average molecular weight is 418 g/mol. The molecule has 0 unspecified atom stereocenters. The molecule has 7 heteroatoms. The lowest BCUT2D eigenvalue weighted by Crippen LogP contribution is -2.36. The quantitative estimate of drug-likeness (QED) is 0.613. The molecule has 1 heterocycles.